The van der Waals surface area contributed by atoms with E-state index in [-0.39, 0.29) is 5.91 Å². The zero-order valence-corrected chi connectivity index (χ0v) is 7.94. The van der Waals surface area contributed by atoms with E-state index >= 15 is 0 Å². The summed E-state index contributed by atoms with van der Waals surface area (Å²) in [5.74, 6) is 0.578. The van der Waals surface area contributed by atoms with Crippen LogP contribution in [0, 0.1) is 11.3 Å². The molecule has 0 aliphatic carbocycles. The monoisotopic (exact) mass is 182 g/mol. The maximum atomic E-state index is 11.2. The molecular formula is C8H10N2OS. The Morgan fingerprint density at radius 1 is 1.83 bits per heavy atom. The number of rotatable bonds is 1. The van der Waals surface area contributed by atoms with Crippen LogP contribution in [0.25, 0.3) is 0 Å². The third-order valence-electron chi connectivity index (χ3n) is 1.68. The Balaban J connectivity index is 2.96. The number of carbonyl (C=O) groups excluding carboxylic acids is 1. The highest BCUT2D eigenvalue weighted by Crippen LogP contribution is 2.30. The van der Waals surface area contributed by atoms with Crippen LogP contribution in [0.3, 0.4) is 0 Å². The van der Waals surface area contributed by atoms with Gasteiger partial charge in [0.05, 0.1) is 22.4 Å². The van der Waals surface area contributed by atoms with E-state index in [2.05, 4.69) is 6.07 Å². The Labute approximate surface area is 76.0 Å². The Morgan fingerprint density at radius 2 is 2.50 bits per heavy atom. The normalized spacial score (nSPS) is 21.1. The number of allylic oxidation sites excluding steroid dienone is 1. The molecule has 0 N–H and O–H groups in total. The van der Waals surface area contributed by atoms with Gasteiger partial charge >= 0.3 is 0 Å². The van der Waals surface area contributed by atoms with Crippen LogP contribution in [-0.4, -0.2) is 23.1 Å². The van der Waals surface area contributed by atoms with E-state index in [4.69, 9.17) is 5.26 Å². The van der Waals surface area contributed by atoms with Gasteiger partial charge in [0.2, 0.25) is 5.91 Å². The van der Waals surface area contributed by atoms with Crippen molar-refractivity contribution < 1.29 is 4.79 Å². The maximum Gasteiger partial charge on any atom is 0.237 e. The zero-order chi connectivity index (χ0) is 9.14. The molecule has 0 aromatic rings. The molecule has 64 valence electrons. The Bertz CT molecular complexity index is 277. The molecule has 1 heterocycles. The van der Waals surface area contributed by atoms with E-state index in [0.717, 1.165) is 5.03 Å². The van der Waals surface area contributed by atoms with Gasteiger partial charge in [0.1, 0.15) is 0 Å². The summed E-state index contributed by atoms with van der Waals surface area (Å²) < 4.78 is 0. The number of amides is 1. The van der Waals surface area contributed by atoms with E-state index in [1.54, 1.807) is 11.8 Å². The Morgan fingerprint density at radius 3 is 3.00 bits per heavy atom. The molecule has 1 saturated heterocycles. The minimum Gasteiger partial charge on any atom is -0.306 e. The molecule has 0 radical (unpaired) electrons. The van der Waals surface area contributed by atoms with Crippen molar-refractivity contribution in [2.24, 2.45) is 0 Å². The van der Waals surface area contributed by atoms with Gasteiger partial charge in [0.15, 0.2) is 0 Å². The number of nitriles is 1. The molecule has 0 aromatic heterocycles. The standard InChI is InChI=1S/C8H10N2OS/c1-3-10-7(11)5-12-8(10)6(2)4-9/h3,5H2,1-2H3/b8-6+. The van der Waals surface area contributed by atoms with Crippen LogP contribution in [0.5, 0.6) is 0 Å². The van der Waals surface area contributed by atoms with E-state index in [1.807, 2.05) is 6.92 Å². The fourth-order valence-electron chi connectivity index (χ4n) is 1.08. The second-order valence-corrected chi connectivity index (χ2v) is 3.43. The van der Waals surface area contributed by atoms with Gasteiger partial charge in [-0.1, -0.05) is 11.8 Å². The molecule has 1 rings (SSSR count). The van der Waals surface area contributed by atoms with Crippen molar-refractivity contribution in [1.82, 2.24) is 4.90 Å². The summed E-state index contributed by atoms with van der Waals surface area (Å²) in [7, 11) is 0. The van der Waals surface area contributed by atoms with Crippen LogP contribution in [0.1, 0.15) is 13.8 Å². The first-order valence-electron chi connectivity index (χ1n) is 3.74. The number of carbonyl (C=O) groups is 1. The van der Waals surface area contributed by atoms with E-state index < -0.39 is 0 Å². The lowest BCUT2D eigenvalue weighted by Gasteiger charge is -2.14. The maximum absolute atomic E-state index is 11.2. The molecular weight excluding hydrogens is 172 g/mol. The van der Waals surface area contributed by atoms with Gasteiger partial charge < -0.3 is 4.90 Å². The fourth-order valence-corrected chi connectivity index (χ4v) is 2.14. The topological polar surface area (TPSA) is 44.1 Å². The van der Waals surface area contributed by atoms with Gasteiger partial charge in [0, 0.05) is 6.54 Å². The second-order valence-electron chi connectivity index (χ2n) is 2.47. The van der Waals surface area contributed by atoms with Crippen LogP contribution < -0.4 is 0 Å². The minimum atomic E-state index is 0.104. The van der Waals surface area contributed by atoms with Gasteiger partial charge in [-0.25, -0.2) is 0 Å². The summed E-state index contributed by atoms with van der Waals surface area (Å²) in [4.78, 5) is 12.9. The molecule has 0 aromatic carbocycles. The SMILES string of the molecule is CCN1C(=O)CS/C1=C(\C)C#N. The summed E-state index contributed by atoms with van der Waals surface area (Å²) in [6.45, 7) is 4.30. The highest BCUT2D eigenvalue weighted by Gasteiger charge is 2.26. The molecule has 0 bridgehead atoms. The fraction of sp³-hybridized carbons (Fsp3) is 0.500. The first-order chi connectivity index (χ1) is 5.70. The number of hydrogen-bond acceptors (Lipinski definition) is 3. The molecule has 0 unspecified atom stereocenters. The molecule has 12 heavy (non-hydrogen) atoms. The third kappa shape index (κ3) is 1.46. The molecule has 0 spiro atoms. The van der Waals surface area contributed by atoms with Crippen LogP contribution >= 0.6 is 11.8 Å². The van der Waals surface area contributed by atoms with Crippen molar-refractivity contribution in [1.29, 1.82) is 5.26 Å². The Kier molecular flexibility index (Phi) is 2.77. The summed E-state index contributed by atoms with van der Waals surface area (Å²) in [5.41, 5.74) is 0.632. The van der Waals surface area contributed by atoms with Crippen molar-refractivity contribution in [3.8, 4) is 6.07 Å². The lowest BCUT2D eigenvalue weighted by molar-refractivity contribution is -0.125. The van der Waals surface area contributed by atoms with E-state index in [1.165, 1.54) is 11.8 Å². The first-order valence-corrected chi connectivity index (χ1v) is 4.73. The molecule has 1 fully saturated rings. The lowest BCUT2D eigenvalue weighted by atomic mass is 10.3. The molecule has 1 aliphatic heterocycles. The predicted octanol–water partition coefficient (Wildman–Crippen LogP) is 1.34. The predicted molar refractivity (Wildman–Crippen MR) is 48.2 cm³/mol. The summed E-state index contributed by atoms with van der Waals surface area (Å²) in [5, 5.41) is 9.46. The van der Waals surface area contributed by atoms with Crippen LogP contribution in [0.15, 0.2) is 10.6 Å². The van der Waals surface area contributed by atoms with Crippen LogP contribution in [-0.2, 0) is 4.79 Å². The third-order valence-corrected chi connectivity index (χ3v) is 2.87. The average molecular weight is 182 g/mol. The van der Waals surface area contributed by atoms with Gasteiger partial charge in [-0.15, -0.1) is 0 Å². The second kappa shape index (κ2) is 3.63. The van der Waals surface area contributed by atoms with Gasteiger partial charge in [-0.3, -0.25) is 4.79 Å². The quantitative estimate of drug-likeness (QED) is 0.575. The van der Waals surface area contributed by atoms with E-state index in [9.17, 15) is 4.79 Å². The van der Waals surface area contributed by atoms with E-state index in [0.29, 0.717) is 17.9 Å². The molecule has 4 heteroatoms. The van der Waals surface area contributed by atoms with Crippen molar-refractivity contribution in [3.05, 3.63) is 10.6 Å². The zero-order valence-electron chi connectivity index (χ0n) is 7.13. The average Bonchev–Trinajstić information content (AvgIpc) is 2.45. The van der Waals surface area contributed by atoms with Crippen molar-refractivity contribution in [2.45, 2.75) is 13.8 Å². The minimum absolute atomic E-state index is 0.104. The smallest absolute Gasteiger partial charge is 0.237 e. The Hall–Kier alpha value is -0.950. The van der Waals surface area contributed by atoms with Crippen molar-refractivity contribution in [2.75, 3.05) is 12.3 Å². The summed E-state index contributed by atoms with van der Waals surface area (Å²) in [6, 6.07) is 2.06. The molecule has 1 amide bonds. The highest BCUT2D eigenvalue weighted by molar-refractivity contribution is 8.04. The lowest BCUT2D eigenvalue weighted by Crippen LogP contribution is -2.24. The number of thioether (sulfide) groups is 1. The summed E-state index contributed by atoms with van der Waals surface area (Å²) >= 11 is 1.45. The number of hydrogen-bond donors (Lipinski definition) is 0. The van der Waals surface area contributed by atoms with Crippen LogP contribution in [0.4, 0.5) is 0 Å². The van der Waals surface area contributed by atoms with Gasteiger partial charge in [-0.05, 0) is 13.8 Å². The summed E-state index contributed by atoms with van der Waals surface area (Å²) in [6.07, 6.45) is 0. The van der Waals surface area contributed by atoms with Crippen LogP contribution in [0.2, 0.25) is 0 Å². The van der Waals surface area contributed by atoms with Crippen molar-refractivity contribution in [3.63, 3.8) is 0 Å². The number of nitrogens with zero attached hydrogens (tertiary/aromatic N) is 2. The first kappa shape index (κ1) is 9.14. The van der Waals surface area contributed by atoms with Gasteiger partial charge in [0.25, 0.3) is 0 Å². The van der Waals surface area contributed by atoms with Crippen molar-refractivity contribution >= 4 is 17.7 Å². The molecule has 1 aliphatic rings. The largest absolute Gasteiger partial charge is 0.306 e. The molecule has 0 atom stereocenters. The molecule has 3 nitrogen and oxygen atoms in total. The van der Waals surface area contributed by atoms with Gasteiger partial charge in [-0.2, -0.15) is 5.26 Å². The molecule has 0 saturated carbocycles. The highest BCUT2D eigenvalue weighted by atomic mass is 32.2.